The Balaban J connectivity index is 2.39. The fourth-order valence-electron chi connectivity index (χ4n) is 8.31. The van der Waals surface area contributed by atoms with E-state index in [-0.39, 0.29) is 0 Å². The molecule has 3 heterocycles. The van der Waals surface area contributed by atoms with E-state index in [0.29, 0.717) is 2.95 Å². The second-order valence-corrected chi connectivity index (χ2v) is 51.4. The molecule has 3 rings (SSSR count). The van der Waals surface area contributed by atoms with Gasteiger partial charge in [-0.05, 0) is 0 Å². The van der Waals surface area contributed by atoms with E-state index in [4.69, 9.17) is 22.2 Å². The van der Waals surface area contributed by atoms with Crippen LogP contribution in [0.4, 0.5) is 0 Å². The molecule has 0 saturated carbocycles. The maximum atomic E-state index is 7.59. The van der Waals surface area contributed by atoms with Crippen LogP contribution in [0.5, 0.6) is 0 Å². The van der Waals surface area contributed by atoms with Gasteiger partial charge < -0.3 is 0 Å². The average Bonchev–Trinajstić information content (AvgIpc) is 2.62. The van der Waals surface area contributed by atoms with E-state index in [1.54, 1.807) is 0 Å². The molecule has 2 atom stereocenters. The first-order chi connectivity index (χ1) is 13.3. The zero-order valence-electron chi connectivity index (χ0n) is 20.4. The Labute approximate surface area is 201 Å². The number of halogens is 2. The molecule has 2 saturated heterocycles. The van der Waals surface area contributed by atoms with Gasteiger partial charge in [0, 0.05) is 0 Å². The van der Waals surface area contributed by atoms with Crippen molar-refractivity contribution in [2.75, 3.05) is 0 Å². The molecular weight excluding hydrogens is 623 g/mol. The molecule has 3 aliphatic heterocycles. The molecule has 6 heteroatoms. The van der Waals surface area contributed by atoms with Crippen LogP contribution in [0.1, 0.15) is 64.7 Å². The summed E-state index contributed by atoms with van der Waals surface area (Å²) in [6.07, 6.45) is 12.7. The van der Waals surface area contributed by atoms with Gasteiger partial charge in [-0.1, -0.05) is 0 Å². The van der Waals surface area contributed by atoms with Crippen LogP contribution < -0.4 is 0 Å². The van der Waals surface area contributed by atoms with Crippen LogP contribution in [-0.2, 0) is 0 Å². The standard InChI is InChI=1S/C17H27BCl2Si.6CH3.2Sn/c1-3-4-7-14-12-16-13-8-5-10-15(11-6-9-13)18(16)17(14)21(2,19)20;;;;;;;;/h13-15H,3-11H2,1-2H3;6*1H3;;/t13?,14-,15?;;;;;;;;/m1......../s1. The van der Waals surface area contributed by atoms with Crippen LogP contribution in [-0.4, -0.2) is 50.2 Å². The third-order valence-corrected chi connectivity index (χ3v) is 40.2. The van der Waals surface area contributed by atoms with Crippen LogP contribution in [0.2, 0.25) is 45.0 Å². The summed E-state index contributed by atoms with van der Waals surface area (Å²) >= 11 is 10.3. The van der Waals surface area contributed by atoms with E-state index in [9.17, 15) is 0 Å². The molecule has 0 radical (unpaired) electrons. The van der Waals surface area contributed by atoms with Crippen molar-refractivity contribution in [2.45, 2.75) is 110 Å². The molecule has 0 spiro atoms. The monoisotopic (exact) mass is 670 g/mol. The summed E-state index contributed by atoms with van der Waals surface area (Å²) in [6, 6.07) is 0. The van der Waals surface area contributed by atoms with Gasteiger partial charge in [-0.25, -0.2) is 0 Å². The fraction of sp³-hybridized carbons (Fsp3) is 0.913. The third-order valence-electron chi connectivity index (χ3n) is 8.82. The molecule has 0 aromatic rings. The Morgan fingerprint density at radius 2 is 1.55 bits per heavy atom. The molecule has 0 nitrogen and oxygen atoms in total. The van der Waals surface area contributed by atoms with E-state index in [1.807, 2.05) is 5.47 Å². The molecule has 0 amide bonds. The summed E-state index contributed by atoms with van der Waals surface area (Å²) in [6.45, 7) is 3.07. The van der Waals surface area contributed by atoms with Gasteiger partial charge in [0.05, 0.1) is 0 Å². The summed E-state index contributed by atoms with van der Waals surface area (Å²) < 4.78 is 2.36. The summed E-state index contributed by atoms with van der Waals surface area (Å²) in [5.74, 6) is 2.47. The predicted molar refractivity (Wildman–Crippen MR) is 143 cm³/mol. The molecule has 0 N–H and O–H groups in total. The van der Waals surface area contributed by atoms with E-state index in [0.717, 1.165) is 24.4 Å². The molecule has 2 bridgehead atoms. The van der Waals surface area contributed by atoms with Crippen LogP contribution in [0.15, 0.2) is 9.06 Å². The number of hydrogen-bond acceptors (Lipinski definition) is 0. The molecule has 3 aliphatic rings. The predicted octanol–water partition coefficient (Wildman–Crippen LogP) is 9.08. The van der Waals surface area contributed by atoms with Crippen molar-refractivity contribution in [1.82, 2.24) is 0 Å². The van der Waals surface area contributed by atoms with Gasteiger partial charge in [-0.2, -0.15) is 0 Å². The zero-order valence-corrected chi connectivity index (χ0v) is 28.6. The second-order valence-electron chi connectivity index (χ2n) is 12.6. The van der Waals surface area contributed by atoms with Gasteiger partial charge >= 0.3 is 203 Å². The zero-order chi connectivity index (χ0) is 21.8. The van der Waals surface area contributed by atoms with Crippen molar-refractivity contribution in [3.8, 4) is 0 Å². The summed E-state index contributed by atoms with van der Waals surface area (Å²) in [4.78, 5) is 16.2. The van der Waals surface area contributed by atoms with Gasteiger partial charge in [0.15, 0.2) is 0 Å². The van der Waals surface area contributed by atoms with Gasteiger partial charge in [0.25, 0.3) is 0 Å². The fourth-order valence-corrected chi connectivity index (χ4v) is 52.4. The van der Waals surface area contributed by atoms with Crippen LogP contribution in [0.25, 0.3) is 0 Å². The molecule has 0 aliphatic carbocycles. The van der Waals surface area contributed by atoms with Crippen molar-refractivity contribution in [3.05, 3.63) is 9.06 Å². The van der Waals surface area contributed by atoms with Gasteiger partial charge in [0.1, 0.15) is 0 Å². The van der Waals surface area contributed by atoms with Crippen molar-refractivity contribution in [1.29, 1.82) is 0 Å². The molecule has 29 heavy (non-hydrogen) atoms. The Morgan fingerprint density at radius 1 is 1.00 bits per heavy atom. The van der Waals surface area contributed by atoms with E-state index in [2.05, 4.69) is 46.7 Å². The number of unbranched alkanes of at least 4 members (excludes halogenated alkanes) is 1. The van der Waals surface area contributed by atoms with Crippen LogP contribution >= 0.6 is 22.2 Å². The summed E-state index contributed by atoms with van der Waals surface area (Å²) in [5.41, 5.74) is 2.01. The number of hydrogen-bond donors (Lipinski definition) is 0. The van der Waals surface area contributed by atoms with E-state index in [1.165, 1.54) is 57.8 Å². The van der Waals surface area contributed by atoms with Gasteiger partial charge in [-0.15, -0.1) is 0 Å². The van der Waals surface area contributed by atoms with Crippen molar-refractivity contribution in [3.63, 3.8) is 0 Å². The van der Waals surface area contributed by atoms with Crippen LogP contribution in [0.3, 0.4) is 0 Å². The SMILES string of the molecule is CCCC[C@@H]1[C]([Sn]([CH3])([CH3])[CH3])=C2B(C3CCCC2CCC3)[C@@]1([Si](C)(Cl)Cl)[Sn]([CH3])([CH3])[CH3]. The molecule has 0 aromatic heterocycles. The Kier molecular flexibility index (Phi) is 8.10. The first kappa shape index (κ1) is 25.8. The van der Waals surface area contributed by atoms with Crippen molar-refractivity contribution < 1.29 is 0 Å². The Morgan fingerprint density at radius 3 is 1.97 bits per heavy atom. The first-order valence-electron chi connectivity index (χ1n) is 12.4. The molecule has 2 fully saturated rings. The van der Waals surface area contributed by atoms with Gasteiger partial charge in [-0.3, -0.25) is 0 Å². The van der Waals surface area contributed by atoms with Crippen molar-refractivity contribution >= 4 is 72.3 Å². The Bertz CT molecular complexity index is 621. The average molecular weight is 669 g/mol. The third kappa shape index (κ3) is 4.36. The number of rotatable bonds is 6. The second kappa shape index (κ2) is 9.10. The van der Waals surface area contributed by atoms with Crippen LogP contribution in [0, 0.1) is 11.8 Å². The minimum atomic E-state index is -2.56. The quantitative estimate of drug-likeness (QED) is 0.196. The van der Waals surface area contributed by atoms with Gasteiger partial charge in [0.2, 0.25) is 0 Å². The maximum absolute atomic E-state index is 7.59. The molecule has 166 valence electrons. The first-order valence-corrected chi connectivity index (χ1v) is 36.9. The topological polar surface area (TPSA) is 0 Å². The molecule has 0 unspecified atom stereocenters. The van der Waals surface area contributed by atoms with E-state index < -0.39 is 43.4 Å². The Hall–Kier alpha value is 2.20. The summed E-state index contributed by atoms with van der Waals surface area (Å²) in [5, 5.41) is 0. The number of allylic oxidation sites excluding steroid dienone is 2. The van der Waals surface area contributed by atoms with Crippen molar-refractivity contribution in [2.24, 2.45) is 11.8 Å². The molecule has 0 aromatic carbocycles. The van der Waals surface area contributed by atoms with E-state index >= 15 is 0 Å². The molecular formula is C23H45BCl2SiSn2. The summed E-state index contributed by atoms with van der Waals surface area (Å²) in [7, 11) is 0. The minimum absolute atomic E-state index is 0.298. The normalized spacial score (nSPS) is 33.7.